The summed E-state index contributed by atoms with van der Waals surface area (Å²) in [6.07, 6.45) is 1.84. The lowest BCUT2D eigenvalue weighted by Gasteiger charge is -2.01. The molecule has 0 aliphatic carbocycles. The average molecular weight is 190 g/mol. The molecule has 1 aromatic rings. The number of aromatic hydroxyl groups is 1. The predicted molar refractivity (Wildman–Crippen MR) is 45.2 cm³/mol. The van der Waals surface area contributed by atoms with Crippen LogP contribution >= 0.6 is 11.8 Å². The van der Waals surface area contributed by atoms with E-state index >= 15 is 0 Å². The van der Waals surface area contributed by atoms with Gasteiger partial charge in [0.2, 0.25) is 0 Å². The number of thioether (sulfide) groups is 1. The Labute approximate surface area is 73.4 Å². The van der Waals surface area contributed by atoms with Crippen LogP contribution in [0.4, 0.5) is 8.78 Å². The van der Waals surface area contributed by atoms with Crippen molar-refractivity contribution in [1.82, 2.24) is 0 Å². The fraction of sp³-hybridized carbons (Fsp3) is 0.250. The monoisotopic (exact) mass is 190 g/mol. The number of phenolic OH excluding ortho intramolecular Hbond substituents is 1. The summed E-state index contributed by atoms with van der Waals surface area (Å²) < 4.78 is 25.3. The van der Waals surface area contributed by atoms with Crippen LogP contribution in [-0.2, 0) is 5.75 Å². The Balaban J connectivity index is 3.04. The van der Waals surface area contributed by atoms with Crippen LogP contribution in [0.1, 0.15) is 5.56 Å². The van der Waals surface area contributed by atoms with Crippen LogP contribution in [0, 0.1) is 11.6 Å². The second-order valence-corrected chi connectivity index (χ2v) is 3.21. The molecule has 66 valence electrons. The summed E-state index contributed by atoms with van der Waals surface area (Å²) in [4.78, 5) is 0. The van der Waals surface area contributed by atoms with E-state index in [9.17, 15) is 8.78 Å². The van der Waals surface area contributed by atoms with Crippen molar-refractivity contribution in [2.24, 2.45) is 0 Å². The number of benzene rings is 1. The Kier molecular flexibility index (Phi) is 2.92. The maximum Gasteiger partial charge on any atom is 0.187 e. The highest BCUT2D eigenvalue weighted by Crippen LogP contribution is 2.22. The summed E-state index contributed by atoms with van der Waals surface area (Å²) in [5, 5.41) is 8.74. The highest BCUT2D eigenvalue weighted by atomic mass is 32.2. The van der Waals surface area contributed by atoms with Crippen molar-refractivity contribution in [2.75, 3.05) is 6.26 Å². The Morgan fingerprint density at radius 1 is 1.33 bits per heavy atom. The summed E-state index contributed by atoms with van der Waals surface area (Å²) in [6, 6.07) is 2.27. The minimum Gasteiger partial charge on any atom is -0.503 e. The van der Waals surface area contributed by atoms with Crippen LogP contribution in [0.25, 0.3) is 0 Å². The van der Waals surface area contributed by atoms with Crippen molar-refractivity contribution in [3.8, 4) is 5.75 Å². The van der Waals surface area contributed by atoms with E-state index in [-0.39, 0.29) is 0 Å². The van der Waals surface area contributed by atoms with Crippen molar-refractivity contribution in [3.05, 3.63) is 29.3 Å². The van der Waals surface area contributed by atoms with Crippen molar-refractivity contribution < 1.29 is 13.9 Å². The van der Waals surface area contributed by atoms with E-state index < -0.39 is 17.4 Å². The first kappa shape index (κ1) is 9.32. The standard InChI is InChI=1S/C8H8F2OS/c1-12-4-5-2-6(9)8(11)7(10)3-5/h2-3,11H,4H2,1H3. The fourth-order valence-corrected chi connectivity index (χ4v) is 1.37. The number of hydrogen-bond acceptors (Lipinski definition) is 2. The highest BCUT2D eigenvalue weighted by Gasteiger charge is 2.08. The predicted octanol–water partition coefficient (Wildman–Crippen LogP) is 2.53. The Morgan fingerprint density at radius 3 is 2.25 bits per heavy atom. The number of halogens is 2. The lowest BCUT2D eigenvalue weighted by molar-refractivity contribution is 0.395. The van der Waals surface area contributed by atoms with Crippen LogP contribution in [0.15, 0.2) is 12.1 Å². The SMILES string of the molecule is CSCc1cc(F)c(O)c(F)c1. The van der Waals surface area contributed by atoms with Gasteiger partial charge in [0.15, 0.2) is 17.4 Å². The maximum atomic E-state index is 12.7. The molecule has 0 bridgehead atoms. The molecule has 0 spiro atoms. The molecule has 0 unspecified atom stereocenters. The first-order chi connectivity index (χ1) is 5.65. The molecule has 0 amide bonds. The molecule has 12 heavy (non-hydrogen) atoms. The zero-order valence-corrected chi connectivity index (χ0v) is 7.29. The van der Waals surface area contributed by atoms with E-state index in [4.69, 9.17) is 5.11 Å². The largest absolute Gasteiger partial charge is 0.503 e. The van der Waals surface area contributed by atoms with Crippen LogP contribution < -0.4 is 0 Å². The van der Waals surface area contributed by atoms with E-state index in [0.717, 1.165) is 12.1 Å². The smallest absolute Gasteiger partial charge is 0.187 e. The third kappa shape index (κ3) is 1.88. The number of phenols is 1. The van der Waals surface area contributed by atoms with Gasteiger partial charge in [0, 0.05) is 5.75 Å². The van der Waals surface area contributed by atoms with Gasteiger partial charge in [-0.2, -0.15) is 11.8 Å². The summed E-state index contributed by atoms with van der Waals surface area (Å²) in [7, 11) is 0. The third-order valence-corrected chi connectivity index (χ3v) is 2.01. The molecule has 4 heteroatoms. The summed E-state index contributed by atoms with van der Waals surface area (Å²) in [5.74, 6) is -2.17. The van der Waals surface area contributed by atoms with Crippen LogP contribution in [-0.4, -0.2) is 11.4 Å². The third-order valence-electron chi connectivity index (χ3n) is 1.39. The van der Waals surface area contributed by atoms with Gasteiger partial charge in [-0.25, -0.2) is 8.78 Å². The Morgan fingerprint density at radius 2 is 1.83 bits per heavy atom. The van der Waals surface area contributed by atoms with Crippen LogP contribution in [0.5, 0.6) is 5.75 Å². The first-order valence-corrected chi connectivity index (χ1v) is 4.70. The molecule has 0 radical (unpaired) electrons. The Hall–Kier alpha value is -0.770. The highest BCUT2D eigenvalue weighted by molar-refractivity contribution is 7.97. The Bertz CT molecular complexity index is 265. The molecule has 0 saturated heterocycles. The number of rotatable bonds is 2. The van der Waals surface area contributed by atoms with Crippen molar-refractivity contribution in [3.63, 3.8) is 0 Å². The summed E-state index contributed by atoms with van der Waals surface area (Å²) >= 11 is 1.46. The maximum absolute atomic E-state index is 12.7. The molecule has 0 aliphatic heterocycles. The zero-order chi connectivity index (χ0) is 9.14. The van der Waals surface area contributed by atoms with Crippen molar-refractivity contribution >= 4 is 11.8 Å². The molecule has 0 saturated carbocycles. The van der Waals surface area contributed by atoms with E-state index in [2.05, 4.69) is 0 Å². The van der Waals surface area contributed by atoms with E-state index in [1.54, 1.807) is 0 Å². The van der Waals surface area contributed by atoms with Crippen molar-refractivity contribution in [2.45, 2.75) is 5.75 Å². The van der Waals surface area contributed by atoms with Crippen LogP contribution in [0.3, 0.4) is 0 Å². The molecule has 0 fully saturated rings. The quantitative estimate of drug-likeness (QED) is 0.773. The lowest BCUT2D eigenvalue weighted by atomic mass is 10.2. The minimum absolute atomic E-state index is 0.536. The molecule has 1 aromatic carbocycles. The normalized spacial score (nSPS) is 10.2. The lowest BCUT2D eigenvalue weighted by Crippen LogP contribution is -1.87. The molecule has 1 nitrogen and oxygen atoms in total. The van der Waals surface area contributed by atoms with Gasteiger partial charge >= 0.3 is 0 Å². The average Bonchev–Trinajstić information content (AvgIpc) is 2.01. The molecular formula is C8H8F2OS. The zero-order valence-electron chi connectivity index (χ0n) is 6.47. The number of hydrogen-bond donors (Lipinski definition) is 1. The molecule has 1 N–H and O–H groups in total. The molecule has 0 aliphatic rings. The second kappa shape index (κ2) is 3.76. The molecule has 0 atom stereocenters. The van der Waals surface area contributed by atoms with Gasteiger partial charge in [-0.3, -0.25) is 0 Å². The fourth-order valence-electron chi connectivity index (χ4n) is 0.868. The van der Waals surface area contributed by atoms with Gasteiger partial charge in [0.25, 0.3) is 0 Å². The molecular weight excluding hydrogens is 182 g/mol. The summed E-state index contributed by atoms with van der Waals surface area (Å²) in [5.41, 5.74) is 0.537. The molecule has 1 rings (SSSR count). The first-order valence-electron chi connectivity index (χ1n) is 3.31. The van der Waals surface area contributed by atoms with Gasteiger partial charge in [0.05, 0.1) is 0 Å². The topological polar surface area (TPSA) is 20.2 Å². The van der Waals surface area contributed by atoms with Gasteiger partial charge < -0.3 is 5.11 Å². The van der Waals surface area contributed by atoms with E-state index in [1.807, 2.05) is 6.26 Å². The van der Waals surface area contributed by atoms with Crippen molar-refractivity contribution in [1.29, 1.82) is 0 Å². The second-order valence-electron chi connectivity index (χ2n) is 2.34. The van der Waals surface area contributed by atoms with E-state index in [0.29, 0.717) is 11.3 Å². The van der Waals surface area contributed by atoms with Gasteiger partial charge in [0.1, 0.15) is 0 Å². The van der Waals surface area contributed by atoms with Gasteiger partial charge in [-0.1, -0.05) is 0 Å². The van der Waals surface area contributed by atoms with Crippen LogP contribution in [0.2, 0.25) is 0 Å². The minimum atomic E-state index is -0.904. The van der Waals surface area contributed by atoms with Gasteiger partial charge in [-0.05, 0) is 24.0 Å². The van der Waals surface area contributed by atoms with E-state index in [1.165, 1.54) is 11.8 Å². The summed E-state index contributed by atoms with van der Waals surface area (Å²) in [6.45, 7) is 0. The molecule has 0 aromatic heterocycles. The molecule has 0 heterocycles. The van der Waals surface area contributed by atoms with Gasteiger partial charge in [-0.15, -0.1) is 0 Å².